The Hall–Kier alpha value is -1.21. The molecule has 0 bridgehead atoms. The van der Waals surface area contributed by atoms with Crippen molar-refractivity contribution in [3.05, 3.63) is 71.8 Å². The van der Waals surface area contributed by atoms with Gasteiger partial charge in [-0.3, -0.25) is 0 Å². The number of aliphatic hydroxyl groups excluding tert-OH is 2. The summed E-state index contributed by atoms with van der Waals surface area (Å²) in [5.74, 6) is -1.85. The van der Waals surface area contributed by atoms with Crippen molar-refractivity contribution in [3.63, 3.8) is 0 Å². The molecule has 9 heteroatoms. The molecule has 0 radical (unpaired) electrons. The predicted molar refractivity (Wildman–Crippen MR) is 238 cm³/mol. The molecular formula is C50H82BaO8. The van der Waals surface area contributed by atoms with E-state index in [0.29, 0.717) is 26.4 Å². The van der Waals surface area contributed by atoms with Gasteiger partial charge in [0, 0.05) is 25.2 Å². The summed E-state index contributed by atoms with van der Waals surface area (Å²) in [6.07, 6.45) is 31.5. The molecule has 59 heavy (non-hydrogen) atoms. The second-order valence-corrected chi connectivity index (χ2v) is 16.3. The Bertz CT molecular complexity index is 1080. The number of hydrogen-bond acceptors (Lipinski definition) is 8. The van der Waals surface area contributed by atoms with Crippen LogP contribution in [0, 0.1) is 0 Å². The molecule has 2 aromatic carbocycles. The maximum absolute atomic E-state index is 10.3. The largest absolute Gasteiger partial charge is 2.00 e. The first kappa shape index (κ1) is 57.8. The van der Waals surface area contributed by atoms with Gasteiger partial charge in [-0.1, -0.05) is 202 Å². The van der Waals surface area contributed by atoms with E-state index in [1.54, 1.807) is 0 Å². The van der Waals surface area contributed by atoms with Crippen molar-refractivity contribution in [3.8, 4) is 0 Å². The maximum Gasteiger partial charge on any atom is 2.00 e. The summed E-state index contributed by atoms with van der Waals surface area (Å²) < 4.78 is 11.3. The smallest absolute Gasteiger partial charge is 0.550 e. The van der Waals surface area contributed by atoms with Gasteiger partial charge in [0.05, 0.1) is 25.4 Å². The Labute approximate surface area is 400 Å². The molecule has 0 aliphatic heterocycles. The molecule has 0 spiro atoms. The molecule has 0 saturated carbocycles. The van der Waals surface area contributed by atoms with Crippen molar-refractivity contribution >= 4 is 60.8 Å². The van der Waals surface area contributed by atoms with Crippen molar-refractivity contribution in [2.75, 3.05) is 13.2 Å². The van der Waals surface area contributed by atoms with Gasteiger partial charge in [-0.15, -0.1) is 0 Å². The summed E-state index contributed by atoms with van der Waals surface area (Å²) in [4.78, 5) is 20.6. The molecule has 8 nitrogen and oxygen atoms in total. The second kappa shape index (κ2) is 44.8. The first-order valence-corrected chi connectivity index (χ1v) is 23.4. The first-order valence-electron chi connectivity index (χ1n) is 23.4. The zero-order valence-corrected chi connectivity index (χ0v) is 41.5. The van der Waals surface area contributed by atoms with E-state index in [1.807, 2.05) is 36.4 Å². The topological polar surface area (TPSA) is 139 Å². The molecule has 0 amide bonds. The molecule has 0 saturated heterocycles. The van der Waals surface area contributed by atoms with Crippen molar-refractivity contribution in [1.29, 1.82) is 0 Å². The van der Waals surface area contributed by atoms with Gasteiger partial charge in [-0.05, 0) is 62.5 Å². The number of ether oxygens (including phenoxy) is 2. The van der Waals surface area contributed by atoms with E-state index in [4.69, 9.17) is 9.47 Å². The molecule has 2 atom stereocenters. The predicted octanol–water partition coefficient (Wildman–Crippen LogP) is 9.95. The van der Waals surface area contributed by atoms with Crippen LogP contribution < -0.4 is 10.2 Å². The van der Waals surface area contributed by atoms with E-state index in [0.717, 1.165) is 77.0 Å². The number of benzene rings is 2. The van der Waals surface area contributed by atoms with Crippen LogP contribution in [0.3, 0.4) is 0 Å². The molecule has 0 aliphatic rings. The quantitative estimate of drug-likeness (QED) is 0.0498. The van der Waals surface area contributed by atoms with Crippen LogP contribution in [0.2, 0.25) is 0 Å². The molecule has 2 N–H and O–H groups in total. The summed E-state index contributed by atoms with van der Waals surface area (Å²) in [6, 6.07) is 20.3. The Morgan fingerprint density at radius 1 is 0.407 bits per heavy atom. The summed E-state index contributed by atoms with van der Waals surface area (Å²) in [7, 11) is 0. The number of aliphatic carboxylic acids is 2. The maximum atomic E-state index is 10.3. The molecule has 0 fully saturated rings. The number of carbonyl (C=O) groups excluding carboxylic acids is 2. The van der Waals surface area contributed by atoms with Gasteiger partial charge in [0.2, 0.25) is 0 Å². The van der Waals surface area contributed by atoms with Crippen LogP contribution in [0.5, 0.6) is 0 Å². The molecule has 2 unspecified atom stereocenters. The third-order valence-corrected chi connectivity index (χ3v) is 10.8. The number of carboxylic acids is 2. The van der Waals surface area contributed by atoms with Crippen LogP contribution in [0.25, 0.3) is 0 Å². The fourth-order valence-corrected chi connectivity index (χ4v) is 7.09. The van der Waals surface area contributed by atoms with E-state index in [9.17, 15) is 30.0 Å². The van der Waals surface area contributed by atoms with Gasteiger partial charge >= 0.3 is 48.9 Å². The zero-order chi connectivity index (χ0) is 42.0. The summed E-state index contributed by atoms with van der Waals surface area (Å²) in [5, 5.41) is 40.7. The standard InChI is InChI=1S/2C25H42O4.Ba/c2*26-24(20-21-29-22-23-16-12-11-13-17-23)18-14-9-7-5-3-1-2-4-6-8-10-15-19-25(27)28;/h2*11-13,16-17,24,26H,1-10,14-15,18-22H2,(H,27,28);/q;;+2/p-2. The van der Waals surface area contributed by atoms with E-state index < -0.39 is 11.9 Å². The van der Waals surface area contributed by atoms with Gasteiger partial charge in [0.15, 0.2) is 0 Å². The fourth-order valence-electron chi connectivity index (χ4n) is 7.09. The van der Waals surface area contributed by atoms with Crippen molar-refractivity contribution < 1.29 is 39.5 Å². The summed E-state index contributed by atoms with van der Waals surface area (Å²) in [5.41, 5.74) is 2.35. The minimum atomic E-state index is -0.924. The Kier molecular flexibility index (Phi) is 43.9. The molecule has 2 rings (SSSR count). The Morgan fingerprint density at radius 3 is 0.932 bits per heavy atom. The fraction of sp³-hybridized carbons (Fsp3) is 0.720. The molecule has 332 valence electrons. The van der Waals surface area contributed by atoms with Crippen LogP contribution in [-0.4, -0.2) is 96.5 Å². The monoisotopic (exact) mass is 949 g/mol. The van der Waals surface area contributed by atoms with Crippen molar-refractivity contribution in [2.45, 2.75) is 218 Å². The third kappa shape index (κ3) is 43.2. The number of hydrogen-bond donors (Lipinski definition) is 2. The molecule has 2 aromatic rings. The number of rotatable bonds is 40. The number of carboxylic acid groups (broad SMARTS) is 2. The summed E-state index contributed by atoms with van der Waals surface area (Å²) in [6.45, 7) is 2.48. The van der Waals surface area contributed by atoms with E-state index >= 15 is 0 Å². The zero-order valence-electron chi connectivity index (χ0n) is 37.0. The van der Waals surface area contributed by atoms with E-state index in [-0.39, 0.29) is 73.9 Å². The molecular weight excluding hydrogens is 866 g/mol. The van der Waals surface area contributed by atoms with Gasteiger partial charge in [0.25, 0.3) is 0 Å². The molecule has 0 heterocycles. The SMILES string of the molecule is O=C([O-])CCCCCCCCCCCCCCC(O)CCOCc1ccccc1.O=C([O-])CCCCCCCCCCCCCCC(O)CCOCc1ccccc1.[Ba+2]. The number of unbranched alkanes of at least 4 members (excludes halogenated alkanes) is 22. The van der Waals surface area contributed by atoms with E-state index in [2.05, 4.69) is 24.3 Å². The van der Waals surface area contributed by atoms with Crippen LogP contribution in [0.4, 0.5) is 0 Å². The van der Waals surface area contributed by atoms with Crippen LogP contribution in [0.1, 0.15) is 204 Å². The van der Waals surface area contributed by atoms with E-state index in [1.165, 1.54) is 114 Å². The summed E-state index contributed by atoms with van der Waals surface area (Å²) >= 11 is 0. The molecule has 0 aromatic heterocycles. The minimum absolute atomic E-state index is 0. The number of carbonyl (C=O) groups is 2. The van der Waals surface area contributed by atoms with Crippen LogP contribution in [0.15, 0.2) is 60.7 Å². The van der Waals surface area contributed by atoms with Crippen LogP contribution >= 0.6 is 0 Å². The Morgan fingerprint density at radius 2 is 0.661 bits per heavy atom. The minimum Gasteiger partial charge on any atom is -0.550 e. The second-order valence-electron chi connectivity index (χ2n) is 16.3. The van der Waals surface area contributed by atoms with Gasteiger partial charge < -0.3 is 39.5 Å². The third-order valence-electron chi connectivity index (χ3n) is 10.8. The van der Waals surface area contributed by atoms with Crippen molar-refractivity contribution in [2.24, 2.45) is 0 Å². The van der Waals surface area contributed by atoms with Crippen LogP contribution in [-0.2, 0) is 32.3 Å². The first-order chi connectivity index (χ1) is 28.4. The normalized spacial score (nSPS) is 12.0. The van der Waals surface area contributed by atoms with Gasteiger partial charge in [0.1, 0.15) is 0 Å². The average molecular weight is 949 g/mol. The Balaban J connectivity index is 0.00000112. The van der Waals surface area contributed by atoms with Gasteiger partial charge in [-0.2, -0.15) is 0 Å². The average Bonchev–Trinajstić information content (AvgIpc) is 3.22. The van der Waals surface area contributed by atoms with Crippen molar-refractivity contribution in [1.82, 2.24) is 0 Å². The number of aliphatic hydroxyl groups is 2. The van der Waals surface area contributed by atoms with Gasteiger partial charge in [-0.25, -0.2) is 0 Å². The molecule has 0 aliphatic carbocycles.